The second-order valence-electron chi connectivity index (χ2n) is 3.72. The van der Waals surface area contributed by atoms with Crippen molar-refractivity contribution in [3.8, 4) is 0 Å². The van der Waals surface area contributed by atoms with Gasteiger partial charge in [-0.3, -0.25) is 4.79 Å². The third-order valence-electron chi connectivity index (χ3n) is 2.14. The van der Waals surface area contributed by atoms with E-state index in [-0.39, 0.29) is 6.61 Å². The highest BCUT2D eigenvalue weighted by molar-refractivity contribution is 14.1. The molecule has 7 heteroatoms. The van der Waals surface area contributed by atoms with Crippen LogP contribution in [0, 0.1) is 3.57 Å². The minimum atomic E-state index is -0.791. The topological polar surface area (TPSA) is 81.7 Å². The first kappa shape index (κ1) is 17.2. The minimum Gasteiger partial charge on any atom is -0.463 e. The van der Waals surface area contributed by atoms with Gasteiger partial charge in [0.25, 0.3) is 5.91 Å². The van der Waals surface area contributed by atoms with E-state index in [1.54, 1.807) is 19.1 Å². The number of carbonyl (C=O) groups is 3. The van der Waals surface area contributed by atoms with Crippen LogP contribution in [-0.4, -0.2) is 31.1 Å². The summed E-state index contributed by atoms with van der Waals surface area (Å²) in [5, 5.41) is 2.61. The summed E-state index contributed by atoms with van der Waals surface area (Å²) in [7, 11) is 0. The number of esters is 2. The smallest absolute Gasteiger partial charge is 0.331 e. The van der Waals surface area contributed by atoms with Gasteiger partial charge in [-0.15, -0.1) is 0 Å². The molecular formula is C14H14INO5. The molecule has 0 atom stereocenters. The second-order valence-corrected chi connectivity index (χ2v) is 4.88. The molecule has 1 rings (SSSR count). The van der Waals surface area contributed by atoms with Crippen LogP contribution in [0.15, 0.2) is 36.4 Å². The van der Waals surface area contributed by atoms with Gasteiger partial charge in [-0.1, -0.05) is 12.1 Å². The molecule has 1 aromatic rings. The summed E-state index contributed by atoms with van der Waals surface area (Å²) in [6.45, 7) is 1.44. The number of nitrogens with one attached hydrogen (secondary N) is 1. The highest BCUT2D eigenvalue weighted by Crippen LogP contribution is 2.16. The Morgan fingerprint density at radius 3 is 2.38 bits per heavy atom. The lowest BCUT2D eigenvalue weighted by Gasteiger charge is -2.06. The zero-order valence-corrected chi connectivity index (χ0v) is 13.5. The maximum Gasteiger partial charge on any atom is 0.331 e. The molecule has 0 bridgehead atoms. The van der Waals surface area contributed by atoms with Crippen LogP contribution in [0.2, 0.25) is 0 Å². The molecule has 0 radical (unpaired) electrons. The molecule has 0 heterocycles. The summed E-state index contributed by atoms with van der Waals surface area (Å²) in [5.74, 6) is -1.89. The second kappa shape index (κ2) is 9.11. The number of benzene rings is 1. The third kappa shape index (κ3) is 6.89. The molecule has 0 saturated carbocycles. The molecule has 1 aromatic carbocycles. The first-order valence-electron chi connectivity index (χ1n) is 6.09. The van der Waals surface area contributed by atoms with E-state index in [1.807, 2.05) is 12.1 Å². The van der Waals surface area contributed by atoms with Crippen LogP contribution in [0.4, 0.5) is 5.69 Å². The SMILES string of the molecule is CCOC(=O)/C=C/C(=O)OCC(=O)Nc1ccccc1I. The number of anilines is 1. The fraction of sp³-hybridized carbons (Fsp3) is 0.214. The van der Waals surface area contributed by atoms with Crippen molar-refractivity contribution in [2.24, 2.45) is 0 Å². The average Bonchev–Trinajstić information content (AvgIpc) is 2.46. The fourth-order valence-corrected chi connectivity index (χ4v) is 1.78. The van der Waals surface area contributed by atoms with Crippen LogP contribution in [0.3, 0.4) is 0 Å². The summed E-state index contributed by atoms with van der Waals surface area (Å²) >= 11 is 2.08. The highest BCUT2D eigenvalue weighted by atomic mass is 127. The Morgan fingerprint density at radius 2 is 1.76 bits per heavy atom. The molecular weight excluding hydrogens is 389 g/mol. The fourth-order valence-electron chi connectivity index (χ4n) is 1.26. The van der Waals surface area contributed by atoms with Gasteiger partial charge in [-0.05, 0) is 41.6 Å². The predicted molar refractivity (Wildman–Crippen MR) is 84.5 cm³/mol. The number of para-hydroxylation sites is 1. The van der Waals surface area contributed by atoms with Crippen LogP contribution in [-0.2, 0) is 23.9 Å². The average molecular weight is 403 g/mol. The normalized spacial score (nSPS) is 10.2. The van der Waals surface area contributed by atoms with Gasteiger partial charge >= 0.3 is 11.9 Å². The number of rotatable bonds is 6. The van der Waals surface area contributed by atoms with Crippen molar-refractivity contribution in [1.82, 2.24) is 0 Å². The lowest BCUT2D eigenvalue weighted by atomic mass is 10.3. The van der Waals surface area contributed by atoms with E-state index < -0.39 is 24.5 Å². The van der Waals surface area contributed by atoms with Crippen LogP contribution >= 0.6 is 22.6 Å². The van der Waals surface area contributed by atoms with Crippen LogP contribution in [0.5, 0.6) is 0 Å². The molecule has 0 fully saturated rings. The zero-order valence-electron chi connectivity index (χ0n) is 11.3. The summed E-state index contributed by atoms with van der Waals surface area (Å²) in [4.78, 5) is 33.8. The Morgan fingerprint density at radius 1 is 1.14 bits per heavy atom. The molecule has 1 amide bonds. The van der Waals surface area contributed by atoms with E-state index in [0.717, 1.165) is 15.7 Å². The number of hydrogen-bond acceptors (Lipinski definition) is 5. The molecule has 0 spiro atoms. The van der Waals surface area contributed by atoms with Gasteiger partial charge in [-0.2, -0.15) is 0 Å². The van der Waals surface area contributed by atoms with Gasteiger partial charge < -0.3 is 14.8 Å². The van der Waals surface area contributed by atoms with E-state index in [9.17, 15) is 14.4 Å². The minimum absolute atomic E-state index is 0.219. The standard InChI is InChI=1S/C14H14INO5/c1-2-20-13(18)7-8-14(19)21-9-12(17)16-11-6-4-3-5-10(11)15/h3-8H,2,9H2,1H3,(H,16,17)/b8-7+. The zero-order chi connectivity index (χ0) is 15.7. The van der Waals surface area contributed by atoms with Gasteiger partial charge in [0, 0.05) is 15.7 Å². The van der Waals surface area contributed by atoms with Crippen LogP contribution in [0.1, 0.15) is 6.92 Å². The summed E-state index contributed by atoms with van der Waals surface area (Å²) in [6.07, 6.45) is 1.86. The molecule has 0 aliphatic carbocycles. The Kier molecular flexibility index (Phi) is 7.44. The Balaban J connectivity index is 2.38. The van der Waals surface area contributed by atoms with Crippen molar-refractivity contribution in [2.75, 3.05) is 18.5 Å². The van der Waals surface area contributed by atoms with E-state index >= 15 is 0 Å². The first-order chi connectivity index (χ1) is 10.0. The van der Waals surface area contributed by atoms with Crippen molar-refractivity contribution in [1.29, 1.82) is 0 Å². The largest absolute Gasteiger partial charge is 0.463 e. The monoisotopic (exact) mass is 403 g/mol. The molecule has 0 unspecified atom stereocenters. The van der Waals surface area contributed by atoms with Crippen molar-refractivity contribution < 1.29 is 23.9 Å². The van der Waals surface area contributed by atoms with Crippen molar-refractivity contribution in [2.45, 2.75) is 6.92 Å². The van der Waals surface area contributed by atoms with Gasteiger partial charge in [0.2, 0.25) is 0 Å². The Bertz CT molecular complexity index is 556. The maximum absolute atomic E-state index is 11.6. The van der Waals surface area contributed by atoms with E-state index in [4.69, 9.17) is 4.74 Å². The number of hydrogen-bond donors (Lipinski definition) is 1. The first-order valence-corrected chi connectivity index (χ1v) is 7.16. The van der Waals surface area contributed by atoms with Gasteiger partial charge in [0.05, 0.1) is 12.3 Å². The molecule has 1 N–H and O–H groups in total. The summed E-state index contributed by atoms with van der Waals surface area (Å²) in [5.41, 5.74) is 0.640. The predicted octanol–water partition coefficient (Wildman–Crippen LogP) is 1.89. The molecule has 6 nitrogen and oxygen atoms in total. The number of carbonyl (C=O) groups excluding carboxylic acids is 3. The van der Waals surface area contributed by atoms with Gasteiger partial charge in [-0.25, -0.2) is 9.59 Å². The molecule has 0 saturated heterocycles. The molecule has 0 aliphatic heterocycles. The van der Waals surface area contributed by atoms with Crippen molar-refractivity contribution in [3.05, 3.63) is 40.0 Å². The Labute approximate surface area is 135 Å². The van der Waals surface area contributed by atoms with E-state index in [0.29, 0.717) is 5.69 Å². The van der Waals surface area contributed by atoms with Crippen molar-refractivity contribution in [3.63, 3.8) is 0 Å². The Hall–Kier alpha value is -1.90. The number of halogens is 1. The number of amides is 1. The molecule has 0 aliphatic rings. The molecule has 21 heavy (non-hydrogen) atoms. The molecule has 112 valence electrons. The van der Waals surface area contributed by atoms with E-state index in [1.165, 1.54) is 0 Å². The summed E-state index contributed by atoms with van der Waals surface area (Å²) in [6, 6.07) is 7.20. The maximum atomic E-state index is 11.6. The lowest BCUT2D eigenvalue weighted by Crippen LogP contribution is -2.20. The van der Waals surface area contributed by atoms with Crippen LogP contribution in [0.25, 0.3) is 0 Å². The van der Waals surface area contributed by atoms with E-state index in [2.05, 4.69) is 32.6 Å². The third-order valence-corrected chi connectivity index (χ3v) is 3.08. The van der Waals surface area contributed by atoms with Gasteiger partial charge in [0.1, 0.15) is 0 Å². The highest BCUT2D eigenvalue weighted by Gasteiger charge is 2.07. The van der Waals surface area contributed by atoms with Crippen LogP contribution < -0.4 is 5.32 Å². The lowest BCUT2D eigenvalue weighted by molar-refractivity contribution is -0.143. The quantitative estimate of drug-likeness (QED) is 0.446. The van der Waals surface area contributed by atoms with Gasteiger partial charge in [0.15, 0.2) is 6.61 Å². The molecule has 0 aromatic heterocycles. The number of ether oxygens (including phenoxy) is 2. The summed E-state index contributed by atoms with van der Waals surface area (Å²) < 4.78 is 10.2. The van der Waals surface area contributed by atoms with Crippen molar-refractivity contribution >= 4 is 46.1 Å².